The van der Waals surface area contributed by atoms with E-state index in [4.69, 9.17) is 0 Å². The molecule has 1 aromatic heterocycles. The van der Waals surface area contributed by atoms with Crippen LogP contribution in [-0.4, -0.2) is 4.98 Å². The molecule has 0 saturated heterocycles. The van der Waals surface area contributed by atoms with Gasteiger partial charge in [0.15, 0.2) is 0 Å². The molecule has 0 aliphatic rings. The summed E-state index contributed by atoms with van der Waals surface area (Å²) in [5.74, 6) is 0. The quantitative estimate of drug-likeness (QED) is 0.649. The van der Waals surface area contributed by atoms with Gasteiger partial charge in [0.2, 0.25) is 0 Å². The lowest BCUT2D eigenvalue weighted by Crippen LogP contribution is -2.13. The summed E-state index contributed by atoms with van der Waals surface area (Å²) in [5, 5.41) is 0. The zero-order valence-electron chi connectivity index (χ0n) is 7.19. The lowest BCUT2D eigenvalue weighted by Gasteiger charge is -2.03. The van der Waals surface area contributed by atoms with Crippen molar-refractivity contribution in [3.05, 3.63) is 33.2 Å². The zero-order valence-corrected chi connectivity index (χ0v) is 7.19. The van der Waals surface area contributed by atoms with Gasteiger partial charge < -0.3 is 4.98 Å². The van der Waals surface area contributed by atoms with Crippen LogP contribution in [0.15, 0.2) is 11.0 Å². The van der Waals surface area contributed by atoms with E-state index in [2.05, 4.69) is 4.98 Å². The molecule has 0 fully saturated rings. The predicted octanol–water partition coefficient (Wildman–Crippen LogP) is 1.55. The molecule has 0 aliphatic heterocycles. The van der Waals surface area contributed by atoms with E-state index >= 15 is 0 Å². The van der Waals surface area contributed by atoms with Crippen molar-refractivity contribution in [3.63, 3.8) is 0 Å². The van der Waals surface area contributed by atoms with Crippen LogP contribution in [0.25, 0.3) is 0 Å². The molecular formula is C9H13NO. The third-order valence-corrected chi connectivity index (χ3v) is 2.09. The molecular weight excluding hydrogens is 138 g/mol. The first-order chi connectivity index (χ1) is 5.16. The molecule has 0 spiro atoms. The highest BCUT2D eigenvalue weighted by Gasteiger charge is 2.02. The van der Waals surface area contributed by atoms with E-state index in [1.807, 2.05) is 20.8 Å². The van der Waals surface area contributed by atoms with Crippen LogP contribution in [-0.2, 0) is 6.42 Å². The molecule has 0 radical (unpaired) electrons. The number of rotatable bonds is 1. The van der Waals surface area contributed by atoms with Gasteiger partial charge in [0, 0.05) is 11.8 Å². The molecule has 0 amide bonds. The van der Waals surface area contributed by atoms with Crippen LogP contribution in [0.5, 0.6) is 0 Å². The van der Waals surface area contributed by atoms with Gasteiger partial charge in [-0.2, -0.15) is 0 Å². The zero-order chi connectivity index (χ0) is 8.43. The van der Waals surface area contributed by atoms with Crippen molar-refractivity contribution in [2.75, 3.05) is 0 Å². The van der Waals surface area contributed by atoms with E-state index in [-0.39, 0.29) is 5.56 Å². The Kier molecular flexibility index (Phi) is 2.13. The minimum absolute atomic E-state index is 0.0515. The van der Waals surface area contributed by atoms with Crippen LogP contribution >= 0.6 is 0 Å². The molecule has 0 atom stereocenters. The highest BCUT2D eigenvalue weighted by atomic mass is 16.1. The van der Waals surface area contributed by atoms with E-state index in [1.165, 1.54) is 0 Å². The van der Waals surface area contributed by atoms with E-state index in [0.717, 1.165) is 23.1 Å². The van der Waals surface area contributed by atoms with Crippen molar-refractivity contribution in [1.29, 1.82) is 0 Å². The first-order valence-corrected chi connectivity index (χ1v) is 3.84. The fourth-order valence-electron chi connectivity index (χ4n) is 1.20. The van der Waals surface area contributed by atoms with Crippen LogP contribution in [0, 0.1) is 13.8 Å². The Labute approximate surface area is 66.3 Å². The smallest absolute Gasteiger partial charge is 0.251 e. The first kappa shape index (κ1) is 8.05. The summed E-state index contributed by atoms with van der Waals surface area (Å²) < 4.78 is 0. The second kappa shape index (κ2) is 2.91. The molecule has 1 N–H and O–H groups in total. The Hall–Kier alpha value is -1.05. The van der Waals surface area contributed by atoms with Gasteiger partial charge in [0.05, 0.1) is 0 Å². The summed E-state index contributed by atoms with van der Waals surface area (Å²) >= 11 is 0. The molecule has 2 heteroatoms. The van der Waals surface area contributed by atoms with Gasteiger partial charge in [-0.05, 0) is 31.4 Å². The van der Waals surface area contributed by atoms with Gasteiger partial charge in [-0.3, -0.25) is 4.79 Å². The Morgan fingerprint density at radius 1 is 1.45 bits per heavy atom. The second-order valence-corrected chi connectivity index (χ2v) is 2.76. The van der Waals surface area contributed by atoms with Crippen LogP contribution in [0.2, 0.25) is 0 Å². The minimum Gasteiger partial charge on any atom is -0.329 e. The van der Waals surface area contributed by atoms with Crippen LogP contribution in [0.1, 0.15) is 23.6 Å². The minimum atomic E-state index is 0.0515. The van der Waals surface area contributed by atoms with E-state index < -0.39 is 0 Å². The lowest BCUT2D eigenvalue weighted by atomic mass is 10.1. The Morgan fingerprint density at radius 2 is 2.09 bits per heavy atom. The molecule has 1 aromatic rings. The molecule has 1 heterocycles. The van der Waals surface area contributed by atoms with E-state index in [9.17, 15) is 4.79 Å². The number of hydrogen-bond acceptors (Lipinski definition) is 1. The standard InChI is InChI=1S/C9H13NO/c1-4-8-7(3)6(2)5-10-9(8)11/h5H,4H2,1-3H3,(H,10,11). The maximum Gasteiger partial charge on any atom is 0.251 e. The molecule has 0 bridgehead atoms. The highest BCUT2D eigenvalue weighted by molar-refractivity contribution is 5.29. The third kappa shape index (κ3) is 1.34. The number of aromatic amines is 1. The maximum atomic E-state index is 11.2. The summed E-state index contributed by atoms with van der Waals surface area (Å²) in [6.45, 7) is 5.99. The average Bonchev–Trinajstić information content (AvgIpc) is 1.99. The second-order valence-electron chi connectivity index (χ2n) is 2.76. The fraction of sp³-hybridized carbons (Fsp3) is 0.444. The maximum absolute atomic E-state index is 11.2. The molecule has 60 valence electrons. The average molecular weight is 151 g/mol. The molecule has 1 rings (SSSR count). The third-order valence-electron chi connectivity index (χ3n) is 2.09. The van der Waals surface area contributed by atoms with Crippen molar-refractivity contribution in [1.82, 2.24) is 4.98 Å². The predicted molar refractivity (Wildman–Crippen MR) is 45.9 cm³/mol. The highest BCUT2D eigenvalue weighted by Crippen LogP contribution is 2.06. The van der Waals surface area contributed by atoms with Crippen molar-refractivity contribution in [2.45, 2.75) is 27.2 Å². The number of nitrogens with one attached hydrogen (secondary N) is 1. The van der Waals surface area contributed by atoms with Crippen LogP contribution in [0.4, 0.5) is 0 Å². The van der Waals surface area contributed by atoms with Crippen molar-refractivity contribution in [2.24, 2.45) is 0 Å². The van der Waals surface area contributed by atoms with Gasteiger partial charge in [0.25, 0.3) is 5.56 Å². The summed E-state index contributed by atoms with van der Waals surface area (Å²) in [7, 11) is 0. The van der Waals surface area contributed by atoms with Crippen molar-refractivity contribution in [3.8, 4) is 0 Å². The Bertz CT molecular complexity index is 312. The molecule has 2 nitrogen and oxygen atoms in total. The van der Waals surface area contributed by atoms with Gasteiger partial charge >= 0.3 is 0 Å². The van der Waals surface area contributed by atoms with Gasteiger partial charge in [-0.15, -0.1) is 0 Å². The molecule has 0 saturated carbocycles. The number of H-pyrrole nitrogens is 1. The summed E-state index contributed by atoms with van der Waals surface area (Å²) in [4.78, 5) is 13.9. The first-order valence-electron chi connectivity index (χ1n) is 3.84. The Balaban J connectivity index is 3.41. The number of pyridine rings is 1. The molecule has 0 aliphatic carbocycles. The van der Waals surface area contributed by atoms with E-state index in [0.29, 0.717) is 0 Å². The normalized spacial score (nSPS) is 10.1. The monoisotopic (exact) mass is 151 g/mol. The van der Waals surface area contributed by atoms with Gasteiger partial charge in [0.1, 0.15) is 0 Å². The topological polar surface area (TPSA) is 32.9 Å². The summed E-state index contributed by atoms with van der Waals surface area (Å²) in [5.41, 5.74) is 3.23. The summed E-state index contributed by atoms with van der Waals surface area (Å²) in [6.07, 6.45) is 2.57. The van der Waals surface area contributed by atoms with Gasteiger partial charge in [-0.1, -0.05) is 6.92 Å². The van der Waals surface area contributed by atoms with Crippen molar-refractivity contribution < 1.29 is 0 Å². The SMILES string of the molecule is CCc1c(C)c(C)c[nH]c1=O. The van der Waals surface area contributed by atoms with Gasteiger partial charge in [-0.25, -0.2) is 0 Å². The fourth-order valence-corrected chi connectivity index (χ4v) is 1.20. The van der Waals surface area contributed by atoms with Crippen LogP contribution in [0.3, 0.4) is 0 Å². The number of aromatic nitrogens is 1. The molecule has 0 unspecified atom stereocenters. The summed E-state index contributed by atoms with van der Waals surface area (Å²) in [6, 6.07) is 0. The lowest BCUT2D eigenvalue weighted by molar-refractivity contribution is 1.01. The molecule has 0 aromatic carbocycles. The van der Waals surface area contributed by atoms with Crippen molar-refractivity contribution >= 4 is 0 Å². The van der Waals surface area contributed by atoms with E-state index in [1.54, 1.807) is 6.20 Å². The largest absolute Gasteiger partial charge is 0.329 e. The number of hydrogen-bond donors (Lipinski definition) is 1. The van der Waals surface area contributed by atoms with Crippen LogP contribution < -0.4 is 5.56 Å². The molecule has 11 heavy (non-hydrogen) atoms. The Morgan fingerprint density at radius 3 is 2.55 bits per heavy atom. The number of aryl methyl sites for hydroxylation is 1.